The Bertz CT molecular complexity index is 148. The highest BCUT2D eigenvalue weighted by atomic mass is 79.9. The topological polar surface area (TPSA) is 9.23 Å². The van der Waals surface area contributed by atoms with E-state index in [1.807, 2.05) is 0 Å². The predicted molar refractivity (Wildman–Crippen MR) is 68.0 cm³/mol. The zero-order chi connectivity index (χ0) is 11.2. The number of hydrogen-bond acceptors (Lipinski definition) is 1. The van der Waals surface area contributed by atoms with Gasteiger partial charge in [-0.25, -0.2) is 0 Å². The Hall–Kier alpha value is 1.02. The molecule has 0 aromatic rings. The molecular formula is C10H19BrCl2O. The molecule has 0 aromatic heterocycles. The van der Waals surface area contributed by atoms with E-state index in [-0.39, 0.29) is 10.9 Å². The van der Waals surface area contributed by atoms with Crippen molar-refractivity contribution in [3.05, 3.63) is 0 Å². The Morgan fingerprint density at radius 1 is 1.21 bits per heavy atom. The smallest absolute Gasteiger partial charge is 0.0846 e. The van der Waals surface area contributed by atoms with Gasteiger partial charge in [-0.3, -0.25) is 0 Å². The fraction of sp³-hybridized carbons (Fsp3) is 1.00. The molecule has 2 unspecified atom stereocenters. The molecule has 14 heavy (non-hydrogen) atoms. The zero-order valence-electron chi connectivity index (χ0n) is 9.03. The molecule has 0 saturated carbocycles. The molecule has 0 N–H and O–H groups in total. The van der Waals surface area contributed by atoms with E-state index in [1.165, 1.54) is 0 Å². The fourth-order valence-electron chi connectivity index (χ4n) is 0.861. The Labute approximate surface area is 106 Å². The van der Waals surface area contributed by atoms with Crippen molar-refractivity contribution in [3.8, 4) is 0 Å². The van der Waals surface area contributed by atoms with Crippen molar-refractivity contribution in [3.63, 3.8) is 0 Å². The van der Waals surface area contributed by atoms with Crippen LogP contribution in [0.2, 0.25) is 0 Å². The second-order valence-electron chi connectivity index (χ2n) is 4.54. The minimum atomic E-state index is 0.0107. The second-order valence-corrected chi connectivity index (χ2v) is 6.34. The summed E-state index contributed by atoms with van der Waals surface area (Å²) in [5, 5.41) is 0. The van der Waals surface area contributed by atoms with Gasteiger partial charge in [-0.2, -0.15) is 0 Å². The molecule has 2 atom stereocenters. The molecular weight excluding hydrogens is 287 g/mol. The third-order valence-corrected chi connectivity index (χ3v) is 3.81. The van der Waals surface area contributed by atoms with Gasteiger partial charge < -0.3 is 4.74 Å². The number of ether oxygens (including phenoxy) is 1. The van der Waals surface area contributed by atoms with E-state index >= 15 is 0 Å². The van der Waals surface area contributed by atoms with E-state index < -0.39 is 0 Å². The lowest BCUT2D eigenvalue weighted by Gasteiger charge is -2.23. The van der Waals surface area contributed by atoms with Crippen molar-refractivity contribution < 1.29 is 4.74 Å². The van der Waals surface area contributed by atoms with Crippen LogP contribution in [-0.4, -0.2) is 29.3 Å². The highest BCUT2D eigenvalue weighted by molar-refractivity contribution is 9.09. The number of hydrogen-bond donors (Lipinski definition) is 0. The second kappa shape index (κ2) is 7.32. The summed E-state index contributed by atoms with van der Waals surface area (Å²) in [4.78, 5) is 0.140. The van der Waals surface area contributed by atoms with Gasteiger partial charge in [0.15, 0.2) is 0 Å². The van der Waals surface area contributed by atoms with Crippen LogP contribution < -0.4 is 0 Å². The number of halogens is 3. The molecule has 0 heterocycles. The van der Waals surface area contributed by atoms with Gasteiger partial charge in [0, 0.05) is 18.4 Å². The normalized spacial score (nSPS) is 16.7. The predicted octanol–water partition coefficient (Wildman–Crippen LogP) is 4.05. The molecule has 86 valence electrons. The lowest BCUT2D eigenvalue weighted by molar-refractivity contribution is 0.0538. The number of alkyl halides is 3. The minimum Gasteiger partial charge on any atom is -0.376 e. The molecule has 4 heteroatoms. The molecule has 0 rings (SSSR count). The average Bonchev–Trinajstić information content (AvgIpc) is 2.09. The lowest BCUT2D eigenvalue weighted by Crippen LogP contribution is -2.28. The summed E-state index contributed by atoms with van der Waals surface area (Å²) in [6.07, 6.45) is 1.04. The maximum atomic E-state index is 5.78. The van der Waals surface area contributed by atoms with Crippen LogP contribution in [0.1, 0.15) is 27.2 Å². The van der Waals surface area contributed by atoms with Gasteiger partial charge in [0.05, 0.1) is 10.9 Å². The Kier molecular flexibility index (Phi) is 7.85. The van der Waals surface area contributed by atoms with Crippen LogP contribution in [0.5, 0.6) is 0 Å². The van der Waals surface area contributed by atoms with Gasteiger partial charge in [-0.15, -0.1) is 23.2 Å². The monoisotopic (exact) mass is 304 g/mol. The molecule has 0 aromatic carbocycles. The number of rotatable bonds is 6. The van der Waals surface area contributed by atoms with Gasteiger partial charge in [-0.1, -0.05) is 36.7 Å². The first-order chi connectivity index (χ1) is 6.40. The van der Waals surface area contributed by atoms with Crippen LogP contribution in [-0.2, 0) is 4.74 Å². The van der Waals surface area contributed by atoms with E-state index in [0.29, 0.717) is 17.2 Å². The molecule has 0 fully saturated rings. The van der Waals surface area contributed by atoms with Gasteiger partial charge in [0.2, 0.25) is 0 Å². The van der Waals surface area contributed by atoms with Crippen LogP contribution in [0, 0.1) is 5.41 Å². The van der Waals surface area contributed by atoms with Crippen molar-refractivity contribution in [1.82, 2.24) is 0 Å². The lowest BCUT2D eigenvalue weighted by atomic mass is 9.93. The molecule has 0 saturated heterocycles. The van der Waals surface area contributed by atoms with Crippen molar-refractivity contribution >= 4 is 39.1 Å². The van der Waals surface area contributed by atoms with E-state index in [2.05, 4.69) is 36.7 Å². The molecule has 0 bridgehead atoms. The van der Waals surface area contributed by atoms with E-state index in [9.17, 15) is 0 Å². The van der Waals surface area contributed by atoms with Gasteiger partial charge >= 0.3 is 0 Å². The van der Waals surface area contributed by atoms with E-state index in [1.54, 1.807) is 0 Å². The summed E-state index contributed by atoms with van der Waals surface area (Å²) in [6.45, 7) is 7.32. The summed E-state index contributed by atoms with van der Waals surface area (Å²) < 4.78 is 5.66. The first kappa shape index (κ1) is 15.0. The van der Waals surface area contributed by atoms with Crippen molar-refractivity contribution in [2.75, 3.05) is 18.4 Å². The average molecular weight is 306 g/mol. The summed E-state index contributed by atoms with van der Waals surface area (Å²) in [5.74, 6) is 1.000. The molecule has 0 radical (unpaired) electrons. The first-order valence-electron chi connectivity index (χ1n) is 4.78. The van der Waals surface area contributed by atoms with Crippen LogP contribution in [0.15, 0.2) is 0 Å². The molecule has 0 aliphatic carbocycles. The molecule has 0 amide bonds. The van der Waals surface area contributed by atoms with Crippen LogP contribution in [0.3, 0.4) is 0 Å². The fourth-order valence-corrected chi connectivity index (χ4v) is 1.92. The molecule has 0 aliphatic heterocycles. The van der Waals surface area contributed by atoms with Gasteiger partial charge in [-0.05, 0) is 11.8 Å². The Morgan fingerprint density at radius 3 is 2.14 bits per heavy atom. The SMILES string of the molecule is CC(C)(C)CCOC(CCl)C(Br)CCl. The quantitative estimate of drug-likeness (QED) is 0.673. The highest BCUT2D eigenvalue weighted by Crippen LogP contribution is 2.20. The van der Waals surface area contributed by atoms with E-state index in [4.69, 9.17) is 27.9 Å². The van der Waals surface area contributed by atoms with Crippen molar-refractivity contribution in [1.29, 1.82) is 0 Å². The standard InChI is InChI=1S/C10H19BrCl2O/c1-10(2,3)4-5-14-9(7-13)8(11)6-12/h8-9H,4-7H2,1-3H3. The Balaban J connectivity index is 3.74. The van der Waals surface area contributed by atoms with Crippen LogP contribution in [0.25, 0.3) is 0 Å². The maximum Gasteiger partial charge on any atom is 0.0846 e. The highest BCUT2D eigenvalue weighted by Gasteiger charge is 2.19. The minimum absolute atomic E-state index is 0.0107. The third-order valence-electron chi connectivity index (χ3n) is 1.89. The Morgan fingerprint density at radius 2 is 1.79 bits per heavy atom. The summed E-state index contributed by atoms with van der Waals surface area (Å²) >= 11 is 14.9. The largest absolute Gasteiger partial charge is 0.376 e. The van der Waals surface area contributed by atoms with E-state index in [0.717, 1.165) is 13.0 Å². The zero-order valence-corrected chi connectivity index (χ0v) is 12.1. The summed E-state index contributed by atoms with van der Waals surface area (Å²) in [7, 11) is 0. The summed E-state index contributed by atoms with van der Waals surface area (Å²) in [5.41, 5.74) is 0.305. The molecule has 0 spiro atoms. The van der Waals surface area contributed by atoms with Crippen molar-refractivity contribution in [2.45, 2.75) is 38.1 Å². The summed E-state index contributed by atoms with van der Waals surface area (Å²) in [6, 6.07) is 0. The first-order valence-corrected chi connectivity index (χ1v) is 6.77. The van der Waals surface area contributed by atoms with Gasteiger partial charge in [0.1, 0.15) is 0 Å². The molecule has 0 aliphatic rings. The third kappa shape index (κ3) is 7.33. The van der Waals surface area contributed by atoms with Gasteiger partial charge in [0.25, 0.3) is 0 Å². The van der Waals surface area contributed by atoms with Crippen molar-refractivity contribution in [2.24, 2.45) is 5.41 Å². The maximum absolute atomic E-state index is 5.78. The van der Waals surface area contributed by atoms with Crippen LogP contribution in [0.4, 0.5) is 0 Å². The van der Waals surface area contributed by atoms with Crippen LogP contribution >= 0.6 is 39.1 Å². The molecule has 1 nitrogen and oxygen atoms in total.